The monoisotopic (exact) mass is 457 g/mol. The second-order valence-corrected chi connectivity index (χ2v) is 9.64. The smallest absolute Gasteiger partial charge is 0.392 e. The number of sulfonamides is 1. The fourth-order valence-corrected chi connectivity index (χ4v) is 5.90. The van der Waals surface area contributed by atoms with Crippen LogP contribution in [0.15, 0.2) is 46.1 Å². The molecule has 0 fully saturated rings. The van der Waals surface area contributed by atoms with E-state index in [2.05, 4.69) is 9.82 Å². The molecule has 0 saturated heterocycles. The van der Waals surface area contributed by atoms with Crippen LogP contribution in [0.3, 0.4) is 0 Å². The van der Waals surface area contributed by atoms with E-state index in [9.17, 15) is 21.6 Å². The van der Waals surface area contributed by atoms with Crippen molar-refractivity contribution in [1.82, 2.24) is 14.5 Å². The van der Waals surface area contributed by atoms with Crippen molar-refractivity contribution in [3.05, 3.63) is 69.2 Å². The van der Waals surface area contributed by atoms with Crippen LogP contribution in [0.25, 0.3) is 0 Å². The summed E-state index contributed by atoms with van der Waals surface area (Å²) in [6.45, 7) is -0.632. The van der Waals surface area contributed by atoms with E-state index < -0.39 is 28.5 Å². The second kappa shape index (κ2) is 7.80. The molecule has 0 saturated carbocycles. The van der Waals surface area contributed by atoms with Crippen LogP contribution in [0.2, 0.25) is 0 Å². The van der Waals surface area contributed by atoms with Crippen LogP contribution in [0, 0.1) is 0 Å². The molecular weight excluding hydrogens is 439 g/mol. The summed E-state index contributed by atoms with van der Waals surface area (Å²) in [6.07, 6.45) is -2.39. The molecule has 4 rings (SSSR count). The predicted octanol–water partition coefficient (Wildman–Crippen LogP) is 2.95. The Bertz CT molecular complexity index is 1160. The number of nitrogens with one attached hydrogen (secondary N) is 1. The molecule has 0 aliphatic heterocycles. The molecule has 0 bridgehead atoms. The number of nitrogens with zero attached hydrogens (tertiary/aromatic N) is 2. The zero-order valence-corrected chi connectivity index (χ0v) is 17.2. The Labute approximate surface area is 175 Å². The average Bonchev–Trinajstić information content (AvgIpc) is 3.39. The average molecular weight is 457 g/mol. The molecular formula is C19H18F3N3O3S2. The molecule has 3 aromatic rings. The highest BCUT2D eigenvalue weighted by Crippen LogP contribution is 2.31. The Morgan fingerprint density at radius 1 is 1.23 bits per heavy atom. The number of aromatic nitrogens is 2. The normalized spacial score (nSPS) is 16.7. The highest BCUT2D eigenvalue weighted by atomic mass is 32.2. The highest BCUT2D eigenvalue weighted by molar-refractivity contribution is 7.89. The van der Waals surface area contributed by atoms with E-state index in [1.807, 2.05) is 12.1 Å². The molecule has 0 unspecified atom stereocenters. The van der Waals surface area contributed by atoms with Gasteiger partial charge in [-0.2, -0.15) is 29.6 Å². The minimum Gasteiger partial charge on any atom is -0.392 e. The number of hydrogen-bond acceptors (Lipinski definition) is 5. The van der Waals surface area contributed by atoms with Crippen molar-refractivity contribution in [2.24, 2.45) is 0 Å². The SMILES string of the molecule is O=S(=O)(N[C@@H]1Cc2ccc(Cn3cc(CO)c(C(F)(F)F)n3)cc2C1)c1ccsc1. The quantitative estimate of drug-likeness (QED) is 0.596. The van der Waals surface area contributed by atoms with Crippen molar-refractivity contribution < 1.29 is 26.7 Å². The summed E-state index contributed by atoms with van der Waals surface area (Å²) in [6, 6.07) is 6.80. The van der Waals surface area contributed by atoms with Gasteiger partial charge < -0.3 is 5.11 Å². The minimum absolute atomic E-state index is 0.113. The summed E-state index contributed by atoms with van der Waals surface area (Å²) in [5.41, 5.74) is 1.34. The summed E-state index contributed by atoms with van der Waals surface area (Å²) >= 11 is 1.31. The molecule has 0 amide bonds. The van der Waals surface area contributed by atoms with Gasteiger partial charge in [0.05, 0.1) is 18.0 Å². The summed E-state index contributed by atoms with van der Waals surface area (Å²) in [5, 5.41) is 16.0. The first-order valence-electron chi connectivity index (χ1n) is 9.05. The van der Waals surface area contributed by atoms with Gasteiger partial charge in [0.15, 0.2) is 5.69 Å². The molecule has 1 aliphatic rings. The number of benzene rings is 1. The van der Waals surface area contributed by atoms with E-state index in [0.717, 1.165) is 21.4 Å². The number of halogens is 3. The summed E-state index contributed by atoms with van der Waals surface area (Å²) in [7, 11) is -3.58. The molecule has 11 heteroatoms. The molecule has 2 N–H and O–H groups in total. The first-order valence-corrected chi connectivity index (χ1v) is 11.5. The summed E-state index contributed by atoms with van der Waals surface area (Å²) in [4.78, 5) is 0.239. The lowest BCUT2D eigenvalue weighted by atomic mass is 10.1. The van der Waals surface area contributed by atoms with Crippen LogP contribution < -0.4 is 4.72 Å². The lowest BCUT2D eigenvalue weighted by molar-refractivity contribution is -0.142. The van der Waals surface area contributed by atoms with Gasteiger partial charge in [0.2, 0.25) is 10.0 Å². The van der Waals surface area contributed by atoms with Crippen molar-refractivity contribution >= 4 is 21.4 Å². The Kier molecular flexibility index (Phi) is 5.47. The summed E-state index contributed by atoms with van der Waals surface area (Å²) < 4.78 is 67.7. The Hall–Kier alpha value is -2.21. The number of fused-ring (bicyclic) bond motifs is 1. The standard InChI is InChI=1S/C19H18F3N3O3S2/c20-19(21,22)18-15(10-26)9-25(23-18)8-12-1-2-13-6-16(7-14(13)5-12)24-30(27,28)17-3-4-29-11-17/h1-5,9,11,16,24,26H,6-8,10H2/t16-/m1/s1. The largest absolute Gasteiger partial charge is 0.435 e. The molecule has 0 spiro atoms. The van der Waals surface area contributed by atoms with Crippen molar-refractivity contribution in [3.8, 4) is 0 Å². The number of rotatable bonds is 6. The van der Waals surface area contributed by atoms with Crippen molar-refractivity contribution in [2.75, 3.05) is 0 Å². The van der Waals surface area contributed by atoms with E-state index in [1.165, 1.54) is 17.5 Å². The van der Waals surface area contributed by atoms with Crippen LogP contribution in [-0.4, -0.2) is 29.3 Å². The first kappa shape index (κ1) is 21.0. The van der Waals surface area contributed by atoms with Crippen molar-refractivity contribution in [2.45, 2.75) is 43.1 Å². The zero-order valence-electron chi connectivity index (χ0n) is 15.6. The van der Waals surface area contributed by atoms with Gasteiger partial charge in [-0.15, -0.1) is 0 Å². The fourth-order valence-electron chi connectivity index (χ4n) is 3.63. The molecule has 1 aromatic carbocycles. The fraction of sp³-hybridized carbons (Fsp3) is 0.316. The van der Waals surface area contributed by atoms with Gasteiger partial charge in [-0.25, -0.2) is 13.1 Å². The molecule has 2 aromatic heterocycles. The van der Waals surface area contributed by atoms with Crippen LogP contribution >= 0.6 is 11.3 Å². The second-order valence-electron chi connectivity index (χ2n) is 7.14. The molecule has 6 nitrogen and oxygen atoms in total. The Morgan fingerprint density at radius 3 is 2.63 bits per heavy atom. The third-order valence-electron chi connectivity index (χ3n) is 4.95. The number of thiophene rings is 1. The maximum Gasteiger partial charge on any atom is 0.435 e. The lowest BCUT2D eigenvalue weighted by Crippen LogP contribution is -2.35. The number of aliphatic hydroxyl groups excluding tert-OH is 1. The van der Waals surface area contributed by atoms with E-state index in [4.69, 9.17) is 5.11 Å². The van der Waals surface area contributed by atoms with Gasteiger partial charge in [-0.1, -0.05) is 18.2 Å². The van der Waals surface area contributed by atoms with Crippen LogP contribution in [-0.2, 0) is 42.2 Å². The molecule has 0 radical (unpaired) electrons. The van der Waals surface area contributed by atoms with E-state index >= 15 is 0 Å². The zero-order chi connectivity index (χ0) is 21.5. The van der Waals surface area contributed by atoms with Crippen molar-refractivity contribution in [1.29, 1.82) is 0 Å². The number of alkyl halides is 3. The van der Waals surface area contributed by atoms with Gasteiger partial charge in [-0.3, -0.25) is 4.68 Å². The first-order chi connectivity index (χ1) is 14.2. The maximum absolute atomic E-state index is 13.0. The van der Waals surface area contributed by atoms with Gasteiger partial charge in [0.25, 0.3) is 0 Å². The van der Waals surface area contributed by atoms with Crippen LogP contribution in [0.1, 0.15) is 27.9 Å². The third-order valence-corrected chi connectivity index (χ3v) is 7.30. The van der Waals surface area contributed by atoms with Crippen LogP contribution in [0.4, 0.5) is 13.2 Å². The van der Waals surface area contributed by atoms with Gasteiger partial charge in [0, 0.05) is 23.2 Å². The van der Waals surface area contributed by atoms with Crippen molar-refractivity contribution in [3.63, 3.8) is 0 Å². The summed E-state index contributed by atoms with van der Waals surface area (Å²) in [5.74, 6) is 0. The van der Waals surface area contributed by atoms with E-state index in [-0.39, 0.29) is 23.0 Å². The maximum atomic E-state index is 13.0. The molecule has 2 heterocycles. The Balaban J connectivity index is 1.48. The molecule has 1 aliphatic carbocycles. The third kappa shape index (κ3) is 4.29. The number of aliphatic hydroxyl groups is 1. The van der Waals surface area contributed by atoms with Crippen LogP contribution in [0.5, 0.6) is 0 Å². The lowest BCUT2D eigenvalue weighted by Gasteiger charge is -2.11. The van der Waals surface area contributed by atoms with Gasteiger partial charge in [-0.05, 0) is 41.0 Å². The van der Waals surface area contributed by atoms with Gasteiger partial charge >= 0.3 is 6.18 Å². The van der Waals surface area contributed by atoms with Gasteiger partial charge in [0.1, 0.15) is 0 Å². The number of hydrogen-bond donors (Lipinski definition) is 2. The molecule has 30 heavy (non-hydrogen) atoms. The van der Waals surface area contributed by atoms with E-state index in [0.29, 0.717) is 12.8 Å². The molecule has 1 atom stereocenters. The van der Waals surface area contributed by atoms with E-state index in [1.54, 1.807) is 22.9 Å². The minimum atomic E-state index is -4.63. The highest BCUT2D eigenvalue weighted by Gasteiger charge is 2.37. The molecule has 160 valence electrons. The topological polar surface area (TPSA) is 84.2 Å². The predicted molar refractivity (Wildman–Crippen MR) is 105 cm³/mol. The Morgan fingerprint density at radius 2 is 2.00 bits per heavy atom.